The zero-order chi connectivity index (χ0) is 13.5. The molecule has 1 aromatic rings. The quantitative estimate of drug-likeness (QED) is 0.749. The van der Waals surface area contributed by atoms with E-state index in [9.17, 15) is 13.6 Å². The van der Waals surface area contributed by atoms with Crippen LogP contribution in [0.3, 0.4) is 0 Å². The van der Waals surface area contributed by atoms with Gasteiger partial charge in [-0.25, -0.2) is 8.78 Å². The highest BCUT2D eigenvalue weighted by molar-refractivity contribution is 5.92. The normalized spacial score (nSPS) is 10.7. The van der Waals surface area contributed by atoms with E-state index in [2.05, 4.69) is 10.6 Å². The Hall–Kier alpha value is -1.53. The molecule has 18 heavy (non-hydrogen) atoms. The van der Waals surface area contributed by atoms with Crippen molar-refractivity contribution in [2.24, 2.45) is 0 Å². The van der Waals surface area contributed by atoms with Crippen LogP contribution in [-0.4, -0.2) is 44.5 Å². The van der Waals surface area contributed by atoms with Crippen LogP contribution in [0.5, 0.6) is 0 Å². The molecule has 4 nitrogen and oxygen atoms in total. The van der Waals surface area contributed by atoms with Gasteiger partial charge < -0.3 is 15.5 Å². The standard InChI is InChI=1S/C12H17F2N3O/c1-17(2)6-5-15-8-12(18)16-9-3-4-10(13)11(14)7-9/h3-4,7,15H,5-6,8H2,1-2H3,(H,16,18). The number of hydrogen-bond donors (Lipinski definition) is 2. The number of carbonyl (C=O) groups excluding carboxylic acids is 1. The Morgan fingerprint density at radius 1 is 1.28 bits per heavy atom. The molecule has 0 aromatic heterocycles. The summed E-state index contributed by atoms with van der Waals surface area (Å²) in [5.74, 6) is -2.20. The van der Waals surface area contributed by atoms with E-state index in [0.717, 1.165) is 18.7 Å². The number of nitrogens with zero attached hydrogens (tertiary/aromatic N) is 1. The monoisotopic (exact) mass is 257 g/mol. The van der Waals surface area contributed by atoms with Gasteiger partial charge in [-0.2, -0.15) is 0 Å². The molecule has 0 aliphatic rings. The third kappa shape index (κ3) is 5.20. The van der Waals surface area contributed by atoms with Gasteiger partial charge in [-0.15, -0.1) is 0 Å². The number of carbonyl (C=O) groups is 1. The van der Waals surface area contributed by atoms with Crippen LogP contribution < -0.4 is 10.6 Å². The van der Waals surface area contributed by atoms with Gasteiger partial charge in [0.2, 0.25) is 5.91 Å². The van der Waals surface area contributed by atoms with E-state index in [1.54, 1.807) is 0 Å². The molecule has 0 aliphatic heterocycles. The summed E-state index contributed by atoms with van der Waals surface area (Å²) in [4.78, 5) is 13.4. The van der Waals surface area contributed by atoms with Crippen LogP contribution in [0.15, 0.2) is 18.2 Å². The zero-order valence-corrected chi connectivity index (χ0v) is 10.5. The van der Waals surface area contributed by atoms with Crippen LogP contribution in [0.2, 0.25) is 0 Å². The Morgan fingerprint density at radius 2 is 2.00 bits per heavy atom. The molecule has 0 heterocycles. The fourth-order valence-electron chi connectivity index (χ4n) is 1.28. The van der Waals surface area contributed by atoms with Gasteiger partial charge in [-0.05, 0) is 26.2 Å². The molecule has 1 aromatic carbocycles. The lowest BCUT2D eigenvalue weighted by Crippen LogP contribution is -2.33. The molecule has 0 aliphatic carbocycles. The maximum atomic E-state index is 12.9. The van der Waals surface area contributed by atoms with E-state index >= 15 is 0 Å². The molecular formula is C12H17F2N3O. The molecule has 1 rings (SSSR count). The predicted molar refractivity (Wildman–Crippen MR) is 66.4 cm³/mol. The number of amides is 1. The highest BCUT2D eigenvalue weighted by Crippen LogP contribution is 2.12. The maximum absolute atomic E-state index is 12.9. The average molecular weight is 257 g/mol. The summed E-state index contributed by atoms with van der Waals surface area (Å²) in [6, 6.07) is 3.24. The van der Waals surface area contributed by atoms with Crippen LogP contribution >= 0.6 is 0 Å². The van der Waals surface area contributed by atoms with Gasteiger partial charge in [0, 0.05) is 24.8 Å². The van der Waals surface area contributed by atoms with E-state index < -0.39 is 11.6 Å². The Kier molecular flexibility index (Phi) is 5.67. The topological polar surface area (TPSA) is 44.4 Å². The second kappa shape index (κ2) is 7.03. The smallest absolute Gasteiger partial charge is 0.238 e. The number of nitrogens with one attached hydrogen (secondary N) is 2. The second-order valence-electron chi connectivity index (χ2n) is 4.16. The number of hydrogen-bond acceptors (Lipinski definition) is 3. The number of rotatable bonds is 6. The van der Waals surface area contributed by atoms with Crippen LogP contribution in [0.25, 0.3) is 0 Å². The molecule has 0 radical (unpaired) electrons. The van der Waals surface area contributed by atoms with Gasteiger partial charge in [0.05, 0.1) is 6.54 Å². The average Bonchev–Trinajstić information content (AvgIpc) is 2.29. The molecular weight excluding hydrogens is 240 g/mol. The first-order valence-corrected chi connectivity index (χ1v) is 5.59. The Labute approximate surface area is 105 Å². The van der Waals surface area contributed by atoms with Gasteiger partial charge in [0.15, 0.2) is 11.6 Å². The fraction of sp³-hybridized carbons (Fsp3) is 0.417. The first-order chi connectivity index (χ1) is 8.49. The lowest BCUT2D eigenvalue weighted by Gasteiger charge is -2.10. The molecule has 0 unspecified atom stereocenters. The first kappa shape index (κ1) is 14.5. The number of halogens is 2. The molecule has 0 spiro atoms. The van der Waals surface area contributed by atoms with Crippen LogP contribution in [0.4, 0.5) is 14.5 Å². The second-order valence-corrected chi connectivity index (χ2v) is 4.16. The summed E-state index contributed by atoms with van der Waals surface area (Å²) in [7, 11) is 3.87. The summed E-state index contributed by atoms with van der Waals surface area (Å²) in [6.45, 7) is 1.63. The SMILES string of the molecule is CN(C)CCNCC(=O)Nc1ccc(F)c(F)c1. The number of benzene rings is 1. The van der Waals surface area contributed by atoms with Crippen LogP contribution in [0.1, 0.15) is 0 Å². The Morgan fingerprint density at radius 3 is 2.61 bits per heavy atom. The van der Waals surface area contributed by atoms with E-state index in [0.29, 0.717) is 6.54 Å². The lowest BCUT2D eigenvalue weighted by molar-refractivity contribution is -0.115. The van der Waals surface area contributed by atoms with Gasteiger partial charge in [-0.3, -0.25) is 4.79 Å². The first-order valence-electron chi connectivity index (χ1n) is 5.59. The summed E-state index contributed by atoms with van der Waals surface area (Å²) in [5, 5.41) is 5.42. The van der Waals surface area contributed by atoms with Crippen molar-refractivity contribution in [1.82, 2.24) is 10.2 Å². The van der Waals surface area contributed by atoms with Gasteiger partial charge >= 0.3 is 0 Å². The van der Waals surface area contributed by atoms with Crippen molar-refractivity contribution in [3.8, 4) is 0 Å². The summed E-state index contributed by atoms with van der Waals surface area (Å²) >= 11 is 0. The summed E-state index contributed by atoms with van der Waals surface area (Å²) < 4.78 is 25.5. The molecule has 0 atom stereocenters. The van der Waals surface area contributed by atoms with Crippen molar-refractivity contribution >= 4 is 11.6 Å². The lowest BCUT2D eigenvalue weighted by atomic mass is 10.3. The minimum Gasteiger partial charge on any atom is -0.325 e. The summed E-state index contributed by atoms with van der Waals surface area (Å²) in [5.41, 5.74) is 0.244. The maximum Gasteiger partial charge on any atom is 0.238 e. The van der Waals surface area contributed by atoms with Gasteiger partial charge in [0.1, 0.15) is 0 Å². The van der Waals surface area contributed by atoms with Crippen LogP contribution in [0, 0.1) is 11.6 Å². The third-order valence-electron chi connectivity index (χ3n) is 2.22. The fourth-order valence-corrected chi connectivity index (χ4v) is 1.28. The van der Waals surface area contributed by atoms with Crippen molar-refractivity contribution in [3.05, 3.63) is 29.8 Å². The van der Waals surface area contributed by atoms with Gasteiger partial charge in [0.25, 0.3) is 0 Å². The predicted octanol–water partition coefficient (Wildman–Crippen LogP) is 1.05. The molecule has 100 valence electrons. The molecule has 0 bridgehead atoms. The highest BCUT2D eigenvalue weighted by Gasteiger charge is 2.05. The zero-order valence-electron chi connectivity index (χ0n) is 10.5. The molecule has 6 heteroatoms. The highest BCUT2D eigenvalue weighted by atomic mass is 19.2. The van der Waals surface area contributed by atoms with Crippen molar-refractivity contribution in [3.63, 3.8) is 0 Å². The molecule has 1 amide bonds. The number of likely N-dealkylation sites (N-methyl/N-ethyl adjacent to an activating group) is 1. The van der Waals surface area contributed by atoms with Crippen molar-refractivity contribution in [1.29, 1.82) is 0 Å². The van der Waals surface area contributed by atoms with Gasteiger partial charge in [-0.1, -0.05) is 0 Å². The van der Waals surface area contributed by atoms with Crippen molar-refractivity contribution in [2.45, 2.75) is 0 Å². The largest absolute Gasteiger partial charge is 0.325 e. The Bertz CT molecular complexity index is 410. The van der Waals surface area contributed by atoms with E-state index in [4.69, 9.17) is 0 Å². The number of anilines is 1. The molecule has 0 fully saturated rings. The van der Waals surface area contributed by atoms with E-state index in [1.165, 1.54) is 6.07 Å². The Balaban J connectivity index is 2.33. The van der Waals surface area contributed by atoms with E-state index in [-0.39, 0.29) is 18.1 Å². The third-order valence-corrected chi connectivity index (χ3v) is 2.22. The molecule has 0 saturated heterocycles. The molecule has 0 saturated carbocycles. The summed E-state index contributed by atoms with van der Waals surface area (Å²) in [6.07, 6.45) is 0. The van der Waals surface area contributed by atoms with E-state index in [1.807, 2.05) is 19.0 Å². The van der Waals surface area contributed by atoms with Crippen molar-refractivity contribution < 1.29 is 13.6 Å². The molecule has 2 N–H and O–H groups in total. The van der Waals surface area contributed by atoms with Crippen molar-refractivity contribution in [2.75, 3.05) is 39.0 Å². The van der Waals surface area contributed by atoms with Crippen LogP contribution in [-0.2, 0) is 4.79 Å². The minimum absolute atomic E-state index is 0.132. The minimum atomic E-state index is -0.978.